The fourth-order valence-corrected chi connectivity index (χ4v) is 4.78. The van der Waals surface area contributed by atoms with Gasteiger partial charge in [0.1, 0.15) is 18.1 Å². The summed E-state index contributed by atoms with van der Waals surface area (Å²) in [5.74, 6) is 4.40. The van der Waals surface area contributed by atoms with Crippen molar-refractivity contribution in [3.05, 3.63) is 72.6 Å². The molecule has 2 aromatic carbocycles. The Morgan fingerprint density at radius 2 is 1.71 bits per heavy atom. The molecule has 0 spiro atoms. The lowest BCUT2D eigenvalue weighted by molar-refractivity contribution is -0.145. The first-order valence-corrected chi connectivity index (χ1v) is 12.6. The molecule has 1 saturated heterocycles. The summed E-state index contributed by atoms with van der Waals surface area (Å²) in [7, 11) is 0. The second-order valence-corrected chi connectivity index (χ2v) is 10.7. The quantitative estimate of drug-likeness (QED) is 0.240. The van der Waals surface area contributed by atoms with Gasteiger partial charge in [0.05, 0.1) is 6.10 Å². The lowest BCUT2D eigenvalue weighted by Gasteiger charge is -2.39. The van der Waals surface area contributed by atoms with Crippen molar-refractivity contribution in [1.82, 2.24) is 15.2 Å². The Kier molecular flexibility index (Phi) is 9.13. The van der Waals surface area contributed by atoms with E-state index in [0.29, 0.717) is 0 Å². The average Bonchev–Trinajstić information content (AvgIpc) is 3.26. The standard InChI is InChI=1S/C28H38N6O4/c1-28(2,3)24(34(31)14-13-29)27(38)33-17-21(35)16-23(33)26(37)32-22(25(30)36)15-18-9-11-20(12-10-18)19-7-5-4-6-8-19/h4-14,21-24,35H,15-17,29,31H2,1-3H3,(H2,30,36)(H,32,37)/b14-13-. The second-order valence-electron chi connectivity index (χ2n) is 10.7. The van der Waals surface area contributed by atoms with Crippen molar-refractivity contribution in [1.29, 1.82) is 0 Å². The van der Waals surface area contributed by atoms with Gasteiger partial charge in [-0.1, -0.05) is 75.4 Å². The summed E-state index contributed by atoms with van der Waals surface area (Å²) < 4.78 is 0. The van der Waals surface area contributed by atoms with Crippen molar-refractivity contribution in [2.24, 2.45) is 22.7 Å². The number of nitrogens with one attached hydrogen (secondary N) is 1. The molecular formula is C28H38N6O4. The summed E-state index contributed by atoms with van der Waals surface area (Å²) in [6.07, 6.45) is 1.91. The number of primary amides is 1. The van der Waals surface area contributed by atoms with E-state index in [1.54, 1.807) is 0 Å². The van der Waals surface area contributed by atoms with Crippen molar-refractivity contribution < 1.29 is 19.5 Å². The first-order chi connectivity index (χ1) is 17.9. The van der Waals surface area contributed by atoms with Crippen molar-refractivity contribution in [2.45, 2.75) is 57.8 Å². The highest BCUT2D eigenvalue weighted by Gasteiger charge is 2.45. The number of nitrogens with two attached hydrogens (primary N) is 3. The number of hydrogen-bond acceptors (Lipinski definition) is 7. The molecule has 3 amide bonds. The number of nitrogens with zero attached hydrogens (tertiary/aromatic N) is 2. The number of β-amino-alcohol motifs (C(OH)–C–C–N with tert-alkyl or cyclic N) is 1. The molecular weight excluding hydrogens is 484 g/mol. The molecule has 3 rings (SSSR count). The van der Waals surface area contributed by atoms with E-state index < -0.39 is 47.4 Å². The highest BCUT2D eigenvalue weighted by Crippen LogP contribution is 2.29. The Morgan fingerprint density at radius 3 is 2.26 bits per heavy atom. The van der Waals surface area contributed by atoms with E-state index in [9.17, 15) is 19.5 Å². The summed E-state index contributed by atoms with van der Waals surface area (Å²) in [6, 6.07) is 14.7. The third-order valence-electron chi connectivity index (χ3n) is 6.64. The second kappa shape index (κ2) is 12.1. The van der Waals surface area contributed by atoms with Crippen molar-refractivity contribution in [3.63, 3.8) is 0 Å². The van der Waals surface area contributed by atoms with Crippen LogP contribution >= 0.6 is 0 Å². The third-order valence-corrected chi connectivity index (χ3v) is 6.64. The van der Waals surface area contributed by atoms with E-state index in [0.717, 1.165) is 16.7 Å². The number of carbonyl (C=O) groups is 3. The van der Waals surface area contributed by atoms with E-state index in [-0.39, 0.29) is 19.4 Å². The van der Waals surface area contributed by atoms with Gasteiger partial charge in [0.2, 0.25) is 17.7 Å². The molecule has 10 nitrogen and oxygen atoms in total. The van der Waals surface area contributed by atoms with Crippen LogP contribution in [0.5, 0.6) is 0 Å². The first kappa shape index (κ1) is 28.7. The zero-order valence-electron chi connectivity index (χ0n) is 22.1. The molecule has 0 radical (unpaired) electrons. The molecule has 204 valence electrons. The normalized spacial score (nSPS) is 19.2. The number of rotatable bonds is 9. The van der Waals surface area contributed by atoms with Crippen molar-refractivity contribution >= 4 is 17.7 Å². The van der Waals surface area contributed by atoms with Gasteiger partial charge in [-0.2, -0.15) is 0 Å². The summed E-state index contributed by atoms with van der Waals surface area (Å²) in [4.78, 5) is 40.5. The Labute approximate surface area is 223 Å². The molecule has 38 heavy (non-hydrogen) atoms. The van der Waals surface area contributed by atoms with Crippen LogP contribution in [0.2, 0.25) is 0 Å². The molecule has 0 bridgehead atoms. The minimum absolute atomic E-state index is 0.0307. The third kappa shape index (κ3) is 6.90. The molecule has 1 aliphatic heterocycles. The van der Waals surface area contributed by atoms with E-state index >= 15 is 0 Å². The van der Waals surface area contributed by atoms with Gasteiger partial charge in [-0.25, -0.2) is 5.84 Å². The van der Waals surface area contributed by atoms with Gasteiger partial charge in [0, 0.05) is 31.8 Å². The molecule has 2 aromatic rings. The number of aliphatic hydroxyl groups is 1. The van der Waals surface area contributed by atoms with Crippen LogP contribution in [0.3, 0.4) is 0 Å². The molecule has 10 heteroatoms. The molecule has 4 unspecified atom stereocenters. The van der Waals surface area contributed by atoms with Crippen LogP contribution in [0.4, 0.5) is 0 Å². The maximum atomic E-state index is 13.6. The van der Waals surface area contributed by atoms with Crippen molar-refractivity contribution in [3.8, 4) is 11.1 Å². The monoisotopic (exact) mass is 522 g/mol. The van der Waals surface area contributed by atoms with Crippen LogP contribution in [-0.2, 0) is 20.8 Å². The molecule has 0 aromatic heterocycles. The first-order valence-electron chi connectivity index (χ1n) is 12.6. The number of aliphatic hydroxyl groups excluding tert-OH is 1. The number of carbonyl (C=O) groups excluding carboxylic acids is 3. The SMILES string of the molecule is CC(C)(C)C(C(=O)N1CC(O)CC1C(=O)NC(Cc1ccc(-c2ccccc2)cc1)C(N)=O)N(N)/C=C\N. The van der Waals surface area contributed by atoms with Gasteiger partial charge in [0.25, 0.3) is 0 Å². The van der Waals surface area contributed by atoms with Gasteiger partial charge in [-0.3, -0.25) is 14.4 Å². The predicted octanol–water partition coefficient (Wildman–Crippen LogP) is 0.848. The van der Waals surface area contributed by atoms with E-state index in [1.807, 2.05) is 75.4 Å². The number of hydrazine groups is 1. The van der Waals surface area contributed by atoms with E-state index in [1.165, 1.54) is 22.3 Å². The minimum atomic E-state index is -0.996. The van der Waals surface area contributed by atoms with Crippen LogP contribution in [0.15, 0.2) is 67.0 Å². The highest BCUT2D eigenvalue weighted by atomic mass is 16.3. The zero-order valence-corrected chi connectivity index (χ0v) is 22.1. The largest absolute Gasteiger partial charge is 0.403 e. The van der Waals surface area contributed by atoms with Crippen LogP contribution in [0.25, 0.3) is 11.1 Å². The predicted molar refractivity (Wildman–Crippen MR) is 145 cm³/mol. The van der Waals surface area contributed by atoms with Gasteiger partial charge in [-0.15, -0.1) is 0 Å². The molecule has 8 N–H and O–H groups in total. The molecule has 0 aliphatic carbocycles. The summed E-state index contributed by atoms with van der Waals surface area (Å²) in [6.45, 7) is 5.49. The summed E-state index contributed by atoms with van der Waals surface area (Å²) in [5, 5.41) is 14.2. The Morgan fingerprint density at radius 1 is 1.11 bits per heavy atom. The number of likely N-dealkylation sites (tertiary alicyclic amines) is 1. The highest BCUT2D eigenvalue weighted by molar-refractivity contribution is 5.93. The van der Waals surface area contributed by atoms with Crippen LogP contribution in [-0.4, -0.2) is 63.5 Å². The fraction of sp³-hybridized carbons (Fsp3) is 0.393. The topological polar surface area (TPSA) is 168 Å². The zero-order chi connectivity index (χ0) is 28.0. The van der Waals surface area contributed by atoms with Crippen LogP contribution in [0.1, 0.15) is 32.8 Å². The lowest BCUT2D eigenvalue weighted by atomic mass is 9.85. The fourth-order valence-electron chi connectivity index (χ4n) is 4.78. The van der Waals surface area contributed by atoms with E-state index in [2.05, 4.69) is 5.32 Å². The molecule has 1 fully saturated rings. The number of amides is 3. The summed E-state index contributed by atoms with van der Waals surface area (Å²) in [5.41, 5.74) is 13.4. The molecule has 1 aliphatic rings. The molecule has 0 saturated carbocycles. The van der Waals surface area contributed by atoms with Gasteiger partial charge < -0.3 is 31.8 Å². The van der Waals surface area contributed by atoms with Gasteiger partial charge >= 0.3 is 0 Å². The maximum Gasteiger partial charge on any atom is 0.248 e. The summed E-state index contributed by atoms with van der Waals surface area (Å²) >= 11 is 0. The number of benzene rings is 2. The van der Waals surface area contributed by atoms with Crippen LogP contribution < -0.4 is 22.6 Å². The molecule has 4 atom stereocenters. The smallest absolute Gasteiger partial charge is 0.248 e. The Hall–Kier alpha value is -3.89. The van der Waals surface area contributed by atoms with Gasteiger partial charge in [0.15, 0.2) is 0 Å². The molecule has 1 heterocycles. The maximum absolute atomic E-state index is 13.6. The minimum Gasteiger partial charge on any atom is -0.403 e. The Bertz CT molecular complexity index is 1150. The lowest BCUT2D eigenvalue weighted by Crippen LogP contribution is -2.59. The number of hydrogen-bond donors (Lipinski definition) is 5. The Balaban J connectivity index is 1.75. The van der Waals surface area contributed by atoms with Crippen molar-refractivity contribution in [2.75, 3.05) is 6.54 Å². The average molecular weight is 523 g/mol. The van der Waals surface area contributed by atoms with Crippen LogP contribution in [0, 0.1) is 5.41 Å². The van der Waals surface area contributed by atoms with Gasteiger partial charge in [-0.05, 0) is 22.1 Å². The van der Waals surface area contributed by atoms with E-state index in [4.69, 9.17) is 17.3 Å².